The van der Waals surface area contributed by atoms with Gasteiger partial charge in [-0.1, -0.05) is 6.92 Å². The number of carboxylic acid groups (broad SMARTS) is 1. The molecule has 0 bridgehead atoms. The number of aliphatic carboxylic acids is 1. The molecule has 1 aliphatic rings. The Bertz CT molecular complexity index is 320. The third-order valence-corrected chi connectivity index (χ3v) is 3.58. The summed E-state index contributed by atoms with van der Waals surface area (Å²) in [7, 11) is 0. The fourth-order valence-electron chi connectivity index (χ4n) is 2.37. The maximum atomic E-state index is 12.1. The van der Waals surface area contributed by atoms with Gasteiger partial charge in [-0.2, -0.15) is 0 Å². The summed E-state index contributed by atoms with van der Waals surface area (Å²) in [5.41, 5.74) is 0. The SMILES string of the molecule is CC1OC(C)C(C(=O)NC(CCO)C(=O)O)C1C. The van der Waals surface area contributed by atoms with Gasteiger partial charge < -0.3 is 20.3 Å². The number of hydrogen-bond donors (Lipinski definition) is 3. The van der Waals surface area contributed by atoms with E-state index in [0.717, 1.165) is 0 Å². The summed E-state index contributed by atoms with van der Waals surface area (Å²) >= 11 is 0. The van der Waals surface area contributed by atoms with Crippen LogP contribution in [0.4, 0.5) is 0 Å². The second-order valence-electron chi connectivity index (χ2n) is 4.84. The molecule has 0 aromatic rings. The second kappa shape index (κ2) is 6.15. The molecule has 1 heterocycles. The van der Waals surface area contributed by atoms with Gasteiger partial charge in [-0.3, -0.25) is 4.79 Å². The molecule has 1 rings (SSSR count). The van der Waals surface area contributed by atoms with Crippen molar-refractivity contribution in [2.45, 2.75) is 45.4 Å². The van der Waals surface area contributed by atoms with Crippen LogP contribution in [0.25, 0.3) is 0 Å². The summed E-state index contributed by atoms with van der Waals surface area (Å²) in [5, 5.41) is 20.2. The van der Waals surface area contributed by atoms with E-state index in [9.17, 15) is 9.59 Å². The second-order valence-corrected chi connectivity index (χ2v) is 4.84. The van der Waals surface area contributed by atoms with Crippen molar-refractivity contribution >= 4 is 11.9 Å². The van der Waals surface area contributed by atoms with Crippen molar-refractivity contribution in [3.8, 4) is 0 Å². The Morgan fingerprint density at radius 3 is 2.28 bits per heavy atom. The molecule has 0 saturated carbocycles. The van der Waals surface area contributed by atoms with Gasteiger partial charge in [0.2, 0.25) is 5.91 Å². The molecular formula is C12H21NO5. The largest absolute Gasteiger partial charge is 0.480 e. The van der Waals surface area contributed by atoms with Crippen LogP contribution in [0, 0.1) is 11.8 Å². The van der Waals surface area contributed by atoms with Crippen LogP contribution in [0.5, 0.6) is 0 Å². The highest BCUT2D eigenvalue weighted by Gasteiger charge is 2.42. The highest BCUT2D eigenvalue weighted by atomic mass is 16.5. The molecule has 5 unspecified atom stereocenters. The number of nitrogens with one attached hydrogen (secondary N) is 1. The van der Waals surface area contributed by atoms with Crippen molar-refractivity contribution in [2.75, 3.05) is 6.61 Å². The zero-order valence-corrected chi connectivity index (χ0v) is 10.9. The average Bonchev–Trinajstić information content (AvgIpc) is 2.52. The van der Waals surface area contributed by atoms with Crippen LogP contribution in [0.15, 0.2) is 0 Å². The molecule has 1 aliphatic heterocycles. The Morgan fingerprint density at radius 1 is 1.28 bits per heavy atom. The monoisotopic (exact) mass is 259 g/mol. The summed E-state index contributed by atoms with van der Waals surface area (Å²) in [5.74, 6) is -1.76. The summed E-state index contributed by atoms with van der Waals surface area (Å²) in [6.07, 6.45) is -0.233. The number of carbonyl (C=O) groups is 2. The smallest absolute Gasteiger partial charge is 0.326 e. The minimum atomic E-state index is -1.13. The van der Waals surface area contributed by atoms with Crippen molar-refractivity contribution in [3.05, 3.63) is 0 Å². The minimum Gasteiger partial charge on any atom is -0.480 e. The van der Waals surface area contributed by atoms with E-state index in [2.05, 4.69) is 5.32 Å². The van der Waals surface area contributed by atoms with E-state index in [1.54, 1.807) is 0 Å². The maximum absolute atomic E-state index is 12.1. The first-order valence-electron chi connectivity index (χ1n) is 6.18. The highest BCUT2D eigenvalue weighted by molar-refractivity contribution is 5.85. The van der Waals surface area contributed by atoms with Crippen LogP contribution in [0.2, 0.25) is 0 Å². The lowest BCUT2D eigenvalue weighted by molar-refractivity contribution is -0.143. The molecule has 104 valence electrons. The maximum Gasteiger partial charge on any atom is 0.326 e. The van der Waals surface area contributed by atoms with Crippen LogP contribution in [-0.2, 0) is 14.3 Å². The van der Waals surface area contributed by atoms with Gasteiger partial charge in [-0.15, -0.1) is 0 Å². The highest BCUT2D eigenvalue weighted by Crippen LogP contribution is 2.32. The van der Waals surface area contributed by atoms with Gasteiger partial charge in [0.05, 0.1) is 18.1 Å². The molecule has 3 N–H and O–H groups in total. The molecule has 0 spiro atoms. The van der Waals surface area contributed by atoms with Gasteiger partial charge in [0.1, 0.15) is 6.04 Å². The number of hydrogen-bond acceptors (Lipinski definition) is 4. The number of ether oxygens (including phenoxy) is 1. The molecule has 1 saturated heterocycles. The number of aliphatic hydroxyl groups is 1. The normalized spacial score (nSPS) is 33.1. The van der Waals surface area contributed by atoms with E-state index in [0.29, 0.717) is 0 Å². The predicted octanol–water partition coefficient (Wildman–Crippen LogP) is -0.00230. The Kier molecular flexibility index (Phi) is 5.10. The lowest BCUT2D eigenvalue weighted by Crippen LogP contribution is -2.46. The molecule has 18 heavy (non-hydrogen) atoms. The molecule has 6 heteroatoms. The zero-order chi connectivity index (χ0) is 13.9. The number of aliphatic hydroxyl groups excluding tert-OH is 1. The van der Waals surface area contributed by atoms with Gasteiger partial charge in [0.25, 0.3) is 0 Å². The number of carbonyl (C=O) groups excluding carboxylic acids is 1. The van der Waals surface area contributed by atoms with Gasteiger partial charge >= 0.3 is 5.97 Å². The van der Waals surface area contributed by atoms with Crippen molar-refractivity contribution in [2.24, 2.45) is 11.8 Å². The fourth-order valence-corrected chi connectivity index (χ4v) is 2.37. The van der Waals surface area contributed by atoms with E-state index in [1.165, 1.54) is 0 Å². The van der Waals surface area contributed by atoms with E-state index in [1.807, 2.05) is 20.8 Å². The third kappa shape index (κ3) is 3.20. The standard InChI is InChI=1S/C12H21NO5/c1-6-7(2)18-8(3)10(6)11(15)13-9(4-5-14)12(16)17/h6-10,14H,4-5H2,1-3H3,(H,13,15)(H,16,17). The van der Waals surface area contributed by atoms with Crippen molar-refractivity contribution in [1.82, 2.24) is 5.32 Å². The van der Waals surface area contributed by atoms with Crippen LogP contribution in [0.3, 0.4) is 0 Å². The van der Waals surface area contributed by atoms with Crippen molar-refractivity contribution < 1.29 is 24.5 Å². The first-order chi connectivity index (χ1) is 8.38. The molecule has 0 aromatic heterocycles. The Morgan fingerprint density at radius 2 is 1.89 bits per heavy atom. The van der Waals surface area contributed by atoms with Gasteiger partial charge in [-0.25, -0.2) is 4.79 Å². The first-order valence-corrected chi connectivity index (χ1v) is 6.18. The molecule has 0 aliphatic carbocycles. The zero-order valence-electron chi connectivity index (χ0n) is 10.9. The average molecular weight is 259 g/mol. The molecule has 6 nitrogen and oxygen atoms in total. The van der Waals surface area contributed by atoms with Crippen LogP contribution in [-0.4, -0.2) is 46.9 Å². The number of carboxylic acids is 1. The van der Waals surface area contributed by atoms with Crippen LogP contribution < -0.4 is 5.32 Å². The molecule has 0 aromatic carbocycles. The van der Waals surface area contributed by atoms with Crippen molar-refractivity contribution in [1.29, 1.82) is 0 Å². The Balaban J connectivity index is 2.66. The number of rotatable bonds is 5. The topological polar surface area (TPSA) is 95.9 Å². The predicted molar refractivity (Wildman–Crippen MR) is 63.9 cm³/mol. The fraction of sp³-hybridized carbons (Fsp3) is 0.833. The molecule has 0 radical (unpaired) electrons. The third-order valence-electron chi connectivity index (χ3n) is 3.58. The van der Waals surface area contributed by atoms with E-state index in [4.69, 9.17) is 14.9 Å². The lowest BCUT2D eigenvalue weighted by Gasteiger charge is -2.21. The summed E-state index contributed by atoms with van der Waals surface area (Å²) in [6, 6.07) is -1.04. The summed E-state index contributed by atoms with van der Waals surface area (Å²) < 4.78 is 5.55. The number of amides is 1. The Labute approximate surface area is 106 Å². The van der Waals surface area contributed by atoms with Gasteiger partial charge in [-0.05, 0) is 19.8 Å². The molecule has 5 atom stereocenters. The van der Waals surface area contributed by atoms with Gasteiger partial charge in [0.15, 0.2) is 0 Å². The molecule has 1 fully saturated rings. The van der Waals surface area contributed by atoms with E-state index < -0.39 is 12.0 Å². The van der Waals surface area contributed by atoms with E-state index in [-0.39, 0.29) is 43.0 Å². The lowest BCUT2D eigenvalue weighted by atomic mass is 9.88. The molecular weight excluding hydrogens is 238 g/mol. The molecule has 1 amide bonds. The Hall–Kier alpha value is -1.14. The van der Waals surface area contributed by atoms with Crippen molar-refractivity contribution in [3.63, 3.8) is 0 Å². The summed E-state index contributed by atoms with van der Waals surface area (Å²) in [4.78, 5) is 23.0. The van der Waals surface area contributed by atoms with Crippen LogP contribution >= 0.6 is 0 Å². The van der Waals surface area contributed by atoms with Gasteiger partial charge in [0, 0.05) is 13.0 Å². The van der Waals surface area contributed by atoms with Crippen LogP contribution in [0.1, 0.15) is 27.2 Å². The minimum absolute atomic E-state index is 0.00691. The summed E-state index contributed by atoms with van der Waals surface area (Å²) in [6.45, 7) is 5.35. The quantitative estimate of drug-likeness (QED) is 0.645. The first kappa shape index (κ1) is 14.9. The van der Waals surface area contributed by atoms with E-state index >= 15 is 0 Å².